The predicted octanol–water partition coefficient (Wildman–Crippen LogP) is 3.08. The first-order chi connectivity index (χ1) is 10.7. The second kappa shape index (κ2) is 8.56. The monoisotopic (exact) mass is 322 g/mol. The SMILES string of the molecule is CCOCCCNC(=O)Cc1cc(-c2ccc(Cl)cc2)on1. The van der Waals surface area contributed by atoms with Gasteiger partial charge in [-0.15, -0.1) is 0 Å². The number of nitrogens with zero attached hydrogens (tertiary/aromatic N) is 1. The zero-order valence-electron chi connectivity index (χ0n) is 12.5. The van der Waals surface area contributed by atoms with E-state index in [1.54, 1.807) is 18.2 Å². The summed E-state index contributed by atoms with van der Waals surface area (Å²) in [6.07, 6.45) is 1.00. The topological polar surface area (TPSA) is 64.4 Å². The van der Waals surface area contributed by atoms with Gasteiger partial charge in [0.1, 0.15) is 0 Å². The van der Waals surface area contributed by atoms with Gasteiger partial charge >= 0.3 is 0 Å². The minimum atomic E-state index is -0.0764. The van der Waals surface area contributed by atoms with Crippen LogP contribution < -0.4 is 5.32 Å². The minimum Gasteiger partial charge on any atom is -0.382 e. The Morgan fingerprint density at radius 3 is 2.86 bits per heavy atom. The number of aromatic nitrogens is 1. The van der Waals surface area contributed by atoms with Gasteiger partial charge in [-0.2, -0.15) is 0 Å². The summed E-state index contributed by atoms with van der Waals surface area (Å²) < 4.78 is 10.5. The van der Waals surface area contributed by atoms with Crippen molar-refractivity contribution in [2.75, 3.05) is 19.8 Å². The molecule has 0 bridgehead atoms. The van der Waals surface area contributed by atoms with E-state index < -0.39 is 0 Å². The van der Waals surface area contributed by atoms with Gasteiger partial charge in [-0.3, -0.25) is 4.79 Å². The molecule has 5 nitrogen and oxygen atoms in total. The number of hydrogen-bond acceptors (Lipinski definition) is 4. The Balaban J connectivity index is 1.81. The molecular formula is C16H19ClN2O3. The highest BCUT2D eigenvalue weighted by Crippen LogP contribution is 2.22. The van der Waals surface area contributed by atoms with Gasteiger partial charge in [0.2, 0.25) is 5.91 Å². The van der Waals surface area contributed by atoms with E-state index in [0.29, 0.717) is 36.2 Å². The van der Waals surface area contributed by atoms with Crippen LogP contribution in [0.25, 0.3) is 11.3 Å². The van der Waals surface area contributed by atoms with Crippen molar-refractivity contribution < 1.29 is 14.1 Å². The Morgan fingerprint density at radius 2 is 2.14 bits per heavy atom. The zero-order chi connectivity index (χ0) is 15.8. The summed E-state index contributed by atoms with van der Waals surface area (Å²) in [6.45, 7) is 3.89. The highest BCUT2D eigenvalue weighted by molar-refractivity contribution is 6.30. The third-order valence-corrected chi connectivity index (χ3v) is 3.27. The van der Waals surface area contributed by atoms with Crippen molar-refractivity contribution in [3.8, 4) is 11.3 Å². The summed E-state index contributed by atoms with van der Waals surface area (Å²) in [6, 6.07) is 9.03. The number of nitrogens with one attached hydrogen (secondary N) is 1. The smallest absolute Gasteiger partial charge is 0.226 e. The lowest BCUT2D eigenvalue weighted by atomic mass is 10.1. The van der Waals surface area contributed by atoms with Crippen LogP contribution in [0.15, 0.2) is 34.9 Å². The predicted molar refractivity (Wildman–Crippen MR) is 84.8 cm³/mol. The van der Waals surface area contributed by atoms with E-state index in [1.165, 1.54) is 0 Å². The van der Waals surface area contributed by atoms with Crippen molar-refractivity contribution in [3.63, 3.8) is 0 Å². The lowest BCUT2D eigenvalue weighted by Gasteiger charge is -2.03. The molecule has 0 radical (unpaired) electrons. The van der Waals surface area contributed by atoms with Gasteiger partial charge in [-0.25, -0.2) is 0 Å². The molecule has 0 aliphatic heterocycles. The number of benzene rings is 1. The summed E-state index contributed by atoms with van der Waals surface area (Å²) in [5, 5.41) is 7.41. The fraction of sp³-hybridized carbons (Fsp3) is 0.375. The van der Waals surface area contributed by atoms with Crippen LogP contribution >= 0.6 is 11.6 Å². The molecule has 0 saturated heterocycles. The van der Waals surface area contributed by atoms with Crippen LogP contribution in [0.3, 0.4) is 0 Å². The van der Waals surface area contributed by atoms with E-state index in [4.69, 9.17) is 20.9 Å². The number of amides is 1. The van der Waals surface area contributed by atoms with Gasteiger partial charge in [-0.1, -0.05) is 16.8 Å². The molecule has 0 fully saturated rings. The molecule has 2 aromatic rings. The van der Waals surface area contributed by atoms with Crippen molar-refractivity contribution in [1.29, 1.82) is 0 Å². The van der Waals surface area contributed by atoms with Crippen molar-refractivity contribution in [2.45, 2.75) is 19.8 Å². The minimum absolute atomic E-state index is 0.0764. The van der Waals surface area contributed by atoms with E-state index in [2.05, 4.69) is 10.5 Å². The Labute approximate surface area is 134 Å². The molecule has 1 heterocycles. The summed E-state index contributed by atoms with van der Waals surface area (Å²) >= 11 is 5.85. The van der Waals surface area contributed by atoms with Crippen LogP contribution in [-0.4, -0.2) is 30.8 Å². The van der Waals surface area contributed by atoms with E-state index in [1.807, 2.05) is 19.1 Å². The van der Waals surface area contributed by atoms with Gasteiger partial charge in [0.05, 0.1) is 12.1 Å². The summed E-state index contributed by atoms with van der Waals surface area (Å²) in [7, 11) is 0. The van der Waals surface area contributed by atoms with E-state index in [0.717, 1.165) is 12.0 Å². The first-order valence-electron chi connectivity index (χ1n) is 7.25. The van der Waals surface area contributed by atoms with Gasteiger partial charge in [-0.05, 0) is 37.6 Å². The van der Waals surface area contributed by atoms with Crippen LogP contribution in [0.5, 0.6) is 0 Å². The highest BCUT2D eigenvalue weighted by atomic mass is 35.5. The molecule has 0 aliphatic rings. The Hall–Kier alpha value is -1.85. The molecule has 1 amide bonds. The number of ether oxygens (including phenoxy) is 1. The largest absolute Gasteiger partial charge is 0.382 e. The normalized spacial score (nSPS) is 10.6. The Kier molecular flexibility index (Phi) is 6.43. The van der Waals surface area contributed by atoms with Crippen LogP contribution in [0, 0.1) is 0 Å². The zero-order valence-corrected chi connectivity index (χ0v) is 13.2. The molecule has 6 heteroatoms. The number of hydrogen-bond donors (Lipinski definition) is 1. The van der Waals surface area contributed by atoms with Crippen LogP contribution in [-0.2, 0) is 16.0 Å². The van der Waals surface area contributed by atoms with Crippen molar-refractivity contribution in [2.24, 2.45) is 0 Å². The summed E-state index contributed by atoms with van der Waals surface area (Å²) in [5.41, 5.74) is 1.48. The molecule has 0 aliphatic carbocycles. The van der Waals surface area contributed by atoms with Crippen LogP contribution in [0.4, 0.5) is 0 Å². The van der Waals surface area contributed by atoms with Crippen LogP contribution in [0.2, 0.25) is 5.02 Å². The lowest BCUT2D eigenvalue weighted by Crippen LogP contribution is -2.26. The third-order valence-electron chi connectivity index (χ3n) is 3.02. The van der Waals surface area contributed by atoms with Gasteiger partial charge in [0.25, 0.3) is 0 Å². The molecule has 0 atom stereocenters. The maximum absolute atomic E-state index is 11.8. The second-order valence-corrected chi connectivity index (χ2v) is 5.20. The van der Waals surface area contributed by atoms with Gasteiger partial charge in [0, 0.05) is 36.4 Å². The van der Waals surface area contributed by atoms with E-state index in [-0.39, 0.29) is 12.3 Å². The standard InChI is InChI=1S/C16H19ClN2O3/c1-2-21-9-3-8-18-16(20)11-14-10-15(22-19-14)12-4-6-13(17)7-5-12/h4-7,10H,2-3,8-9,11H2,1H3,(H,18,20). The molecule has 22 heavy (non-hydrogen) atoms. The average molecular weight is 323 g/mol. The maximum Gasteiger partial charge on any atom is 0.226 e. The van der Waals surface area contributed by atoms with Gasteiger partial charge < -0.3 is 14.6 Å². The Bertz CT molecular complexity index is 596. The summed E-state index contributed by atoms with van der Waals surface area (Å²) in [5.74, 6) is 0.545. The highest BCUT2D eigenvalue weighted by Gasteiger charge is 2.10. The first kappa shape index (κ1) is 16.5. The number of halogens is 1. The first-order valence-corrected chi connectivity index (χ1v) is 7.63. The quantitative estimate of drug-likeness (QED) is 0.759. The van der Waals surface area contributed by atoms with Crippen molar-refractivity contribution in [3.05, 3.63) is 41.0 Å². The molecule has 2 rings (SSSR count). The molecule has 0 unspecified atom stereocenters. The maximum atomic E-state index is 11.8. The average Bonchev–Trinajstić information content (AvgIpc) is 2.96. The van der Waals surface area contributed by atoms with Gasteiger partial charge in [0.15, 0.2) is 5.76 Å². The lowest BCUT2D eigenvalue weighted by molar-refractivity contribution is -0.120. The van der Waals surface area contributed by atoms with Crippen molar-refractivity contribution in [1.82, 2.24) is 10.5 Å². The molecule has 118 valence electrons. The summed E-state index contributed by atoms with van der Waals surface area (Å²) in [4.78, 5) is 11.8. The molecule has 1 N–H and O–H groups in total. The fourth-order valence-corrected chi connectivity index (χ4v) is 2.04. The number of carbonyl (C=O) groups excluding carboxylic acids is 1. The second-order valence-electron chi connectivity index (χ2n) is 4.77. The molecule has 1 aromatic heterocycles. The van der Waals surface area contributed by atoms with E-state index >= 15 is 0 Å². The Morgan fingerprint density at radius 1 is 1.36 bits per heavy atom. The fourth-order valence-electron chi connectivity index (χ4n) is 1.92. The molecular weight excluding hydrogens is 304 g/mol. The number of rotatable bonds is 8. The third kappa shape index (κ3) is 5.16. The van der Waals surface area contributed by atoms with E-state index in [9.17, 15) is 4.79 Å². The molecule has 0 saturated carbocycles. The van der Waals surface area contributed by atoms with Crippen molar-refractivity contribution >= 4 is 17.5 Å². The number of carbonyl (C=O) groups is 1. The van der Waals surface area contributed by atoms with Crippen LogP contribution in [0.1, 0.15) is 19.0 Å². The molecule has 0 spiro atoms. The molecule has 1 aromatic carbocycles.